The van der Waals surface area contributed by atoms with E-state index in [-0.39, 0.29) is 127 Å². The Kier molecular flexibility index (Phi) is 28.9. The second-order valence-corrected chi connectivity index (χ2v) is 25.3. The van der Waals surface area contributed by atoms with Gasteiger partial charge in [0.25, 0.3) is 11.9 Å². The van der Waals surface area contributed by atoms with Crippen molar-refractivity contribution in [3.8, 4) is 0 Å². The molecule has 1 unspecified atom stereocenters. The lowest BCUT2D eigenvalue weighted by molar-refractivity contribution is -0.155. The number of aliphatic carboxylic acids is 2. The number of carbonyl (C=O) groups is 11. The number of thiophene rings is 1. The van der Waals surface area contributed by atoms with Gasteiger partial charge in [-0.15, -0.1) is 11.3 Å². The number of amides is 9. The molecule has 2 aromatic rings. The summed E-state index contributed by atoms with van der Waals surface area (Å²) in [4.78, 5) is 168. The summed E-state index contributed by atoms with van der Waals surface area (Å²) in [6.07, 6.45) is 1.35. The van der Waals surface area contributed by atoms with Gasteiger partial charge in [0.1, 0.15) is 42.3 Å². The molecule has 1 saturated carbocycles. The van der Waals surface area contributed by atoms with E-state index in [0.717, 1.165) is 30.2 Å². The van der Waals surface area contributed by atoms with E-state index < -0.39 is 138 Å². The van der Waals surface area contributed by atoms with Gasteiger partial charge in [-0.25, -0.2) is 4.79 Å². The van der Waals surface area contributed by atoms with E-state index in [4.69, 9.17) is 50.0 Å². The number of nitrogens with one attached hydrogen (secondary N) is 6. The van der Waals surface area contributed by atoms with E-state index in [2.05, 4.69) is 41.6 Å². The molecule has 1 aromatic carbocycles. The van der Waals surface area contributed by atoms with E-state index in [9.17, 15) is 58.6 Å². The second-order valence-electron chi connectivity index (χ2n) is 24.3. The van der Waals surface area contributed by atoms with Crippen molar-refractivity contribution in [1.82, 2.24) is 51.7 Å². The van der Waals surface area contributed by atoms with Crippen LogP contribution in [0.2, 0.25) is 0 Å². The predicted octanol–water partition coefficient (Wildman–Crippen LogP) is -4.99. The summed E-state index contributed by atoms with van der Waals surface area (Å²) in [5.74, 6) is -9.45. The maximum atomic E-state index is 15.3. The molecule has 1 aliphatic carbocycles. The van der Waals surface area contributed by atoms with Gasteiger partial charge in [-0.2, -0.15) is 5.48 Å². The fraction of sp³-hybridized carbons (Fsp3) is 0.600. The van der Waals surface area contributed by atoms with Crippen molar-refractivity contribution in [2.75, 3.05) is 39.3 Å². The lowest BCUT2D eigenvalue weighted by atomic mass is 9.84. The van der Waals surface area contributed by atoms with Gasteiger partial charge in [-0.1, -0.05) is 43.2 Å². The smallest absolute Gasteiger partial charge is 0.326 e. The summed E-state index contributed by atoms with van der Waals surface area (Å²) in [7, 11) is 0. The maximum Gasteiger partial charge on any atom is 0.326 e. The van der Waals surface area contributed by atoms with Gasteiger partial charge in [0.15, 0.2) is 24.0 Å². The van der Waals surface area contributed by atoms with Crippen molar-refractivity contribution in [2.45, 2.75) is 183 Å². The van der Waals surface area contributed by atoms with Crippen molar-refractivity contribution >= 4 is 94.3 Å². The summed E-state index contributed by atoms with van der Waals surface area (Å²) in [5.41, 5.74) is 42.1. The van der Waals surface area contributed by atoms with Crippen molar-refractivity contribution in [2.24, 2.45) is 61.0 Å². The third-order valence-corrected chi connectivity index (χ3v) is 18.2. The molecule has 96 heavy (non-hydrogen) atoms. The van der Waals surface area contributed by atoms with Crippen LogP contribution in [0.4, 0.5) is 0 Å². The molecule has 4 aliphatic heterocycles. The number of aliphatic hydroxyl groups is 1. The molecule has 0 spiro atoms. The molecule has 24 N–H and O–H groups in total. The standard InChI is InChI=1S/C58H88N20O13S.C2H4O2/c59-36(14-5-19-66-56(60)61)47(81)71-37(15-6-20-67-57(62)63)51(85)75-22-8-18-41(75)52(86)77-30-34(79)26-42(77)49(83)69-28-45(80)70-39(27-35-13-9-23-92-35)48(82)73-46(74-91)54(88)76-29-33-12-2-1-10-31(33)24-44(76)53(87)78-40-17-4-3-11-32(40)25-43(78)50(84)72-38(55(89)90)16-7-21-68-58(64)65;1-2(3)4/h1-2,9-10,12-13,23,32,34,36-44,46,74,79,91H,3-8,11,14-22,24-30,59H2,(H,69,83)(H,70,80)(H,71,81)(H,72,84)(H,73,82)(H,89,90)(H4,60,61,66)(H4,62,63,67)(H4,64,65,68);1H3,(H,3,4)/t32-,34+,36+,37-,38-,39-,40-,41-,42-,43-,44?,46-;/m0./s1. The van der Waals surface area contributed by atoms with Gasteiger partial charge >= 0.3 is 5.97 Å². The number of guanidine groups is 3. The lowest BCUT2D eigenvalue weighted by Crippen LogP contribution is -2.64. The Morgan fingerprint density at radius 2 is 1.26 bits per heavy atom. The Balaban J connectivity index is 0.00000354. The van der Waals surface area contributed by atoms with Crippen LogP contribution in [0.1, 0.15) is 113 Å². The van der Waals surface area contributed by atoms with Gasteiger partial charge < -0.3 is 107 Å². The first-order chi connectivity index (χ1) is 45.7. The van der Waals surface area contributed by atoms with Crippen molar-refractivity contribution < 1.29 is 73.3 Å². The highest BCUT2D eigenvalue weighted by Crippen LogP contribution is 2.41. The van der Waals surface area contributed by atoms with Gasteiger partial charge in [0.05, 0.1) is 18.7 Å². The number of carboxylic acid groups (broad SMARTS) is 2. The van der Waals surface area contributed by atoms with Crippen molar-refractivity contribution in [1.29, 1.82) is 0 Å². The highest BCUT2D eigenvalue weighted by atomic mass is 32.1. The number of aliphatic hydroxyl groups excluding tert-OH is 1. The van der Waals surface area contributed by atoms with Crippen molar-refractivity contribution in [3.63, 3.8) is 0 Å². The van der Waals surface area contributed by atoms with Crippen LogP contribution in [0, 0.1) is 5.92 Å². The molecule has 12 atom stereocenters. The number of aliphatic imine (C=N–C) groups is 3. The largest absolute Gasteiger partial charge is 0.481 e. The van der Waals surface area contributed by atoms with Crippen LogP contribution in [0.5, 0.6) is 0 Å². The highest BCUT2D eigenvalue weighted by Gasteiger charge is 2.52. The van der Waals surface area contributed by atoms with Crippen LogP contribution in [-0.2, 0) is 72.1 Å². The number of nitrogens with zero attached hydrogens (tertiary/aromatic N) is 7. The van der Waals surface area contributed by atoms with E-state index in [1.54, 1.807) is 35.7 Å². The topological polar surface area (TPSA) is 573 Å². The Morgan fingerprint density at radius 3 is 1.88 bits per heavy atom. The lowest BCUT2D eigenvalue weighted by Gasteiger charge is -2.42. The Bertz CT molecular complexity index is 3160. The van der Waals surface area contributed by atoms with Crippen LogP contribution in [0.25, 0.3) is 0 Å². The number of likely N-dealkylation sites (tertiary alicyclic amines) is 3. The van der Waals surface area contributed by atoms with E-state index in [1.807, 2.05) is 11.5 Å². The maximum absolute atomic E-state index is 15.3. The number of carbonyl (C=O) groups excluding carboxylic acids is 9. The molecule has 5 heterocycles. The molecule has 5 aliphatic rings. The fourth-order valence-corrected chi connectivity index (χ4v) is 13.5. The summed E-state index contributed by atoms with van der Waals surface area (Å²) in [6, 6.07) is 0.365. The highest BCUT2D eigenvalue weighted by molar-refractivity contribution is 7.09. The number of hydroxylamine groups is 1. The predicted molar refractivity (Wildman–Crippen MR) is 349 cm³/mol. The number of nitrogens with two attached hydrogens (primary N) is 7. The first-order valence-corrected chi connectivity index (χ1v) is 32.8. The zero-order valence-electron chi connectivity index (χ0n) is 53.6. The Labute approximate surface area is 558 Å². The van der Waals surface area contributed by atoms with Gasteiger partial charge in [-0.05, 0) is 99.1 Å². The third kappa shape index (κ3) is 21.6. The number of β-amino-alcohol motifs (C(OH)–C–C–N with tert-alkyl or cyclic N) is 1. The fourth-order valence-electron chi connectivity index (χ4n) is 12.8. The van der Waals surface area contributed by atoms with E-state index in [1.165, 1.54) is 26.0 Å². The van der Waals surface area contributed by atoms with Crippen LogP contribution in [0.3, 0.4) is 0 Å². The van der Waals surface area contributed by atoms with E-state index >= 15 is 4.79 Å². The minimum Gasteiger partial charge on any atom is -0.481 e. The zero-order valence-corrected chi connectivity index (χ0v) is 54.4. The molecular formula is C60H92N20O15S. The molecule has 3 saturated heterocycles. The van der Waals surface area contributed by atoms with Crippen molar-refractivity contribution in [3.05, 3.63) is 57.8 Å². The SMILES string of the molecule is CC(=O)O.NC(N)=NCCC[C@@H](N)C(=O)N[C@@H](CCCN=C(N)N)C(=O)N1CCC[C@H]1C(=O)N1C[C@H](O)C[C@H]1C(=O)NCC(=O)N[C@@H](Cc1cccs1)C(=O)N[C@@H](NO)C(=O)N1Cc2ccccc2CC1C(=O)N1[C@H](C(=O)N[C@@H](CCCN=C(N)N)C(=O)O)C[C@@H]2CCCC[C@@H]21. The molecule has 35 nitrogen and oxygen atoms in total. The normalized spacial score (nSPS) is 21.7. The Morgan fingerprint density at radius 1 is 0.635 bits per heavy atom. The molecular weight excluding hydrogens is 1270 g/mol. The number of fused-ring (bicyclic) bond motifs is 2. The van der Waals surface area contributed by atoms with Crippen LogP contribution in [-0.4, -0.2) is 229 Å². The molecule has 36 heteroatoms. The van der Waals surface area contributed by atoms with Crippen LogP contribution >= 0.6 is 11.3 Å². The molecule has 9 amide bonds. The van der Waals surface area contributed by atoms with Gasteiger partial charge in [0, 0.05) is 76.4 Å². The number of rotatable bonds is 30. The molecule has 7 rings (SSSR count). The second kappa shape index (κ2) is 36.6. The number of carboxylic acids is 2. The monoisotopic (exact) mass is 1360 g/mol. The van der Waals surface area contributed by atoms with Crippen LogP contribution < -0.4 is 72.2 Å². The molecule has 1 aromatic heterocycles. The quantitative estimate of drug-likeness (QED) is 0.0114. The molecule has 528 valence electrons. The average molecular weight is 1370 g/mol. The molecule has 4 fully saturated rings. The minimum atomic E-state index is -1.91. The number of benzene rings is 1. The summed E-state index contributed by atoms with van der Waals surface area (Å²) in [5, 5.41) is 53.7. The van der Waals surface area contributed by atoms with Gasteiger partial charge in [-0.3, -0.25) is 62.9 Å². The number of hydrogen-bond acceptors (Lipinski definition) is 19. The van der Waals surface area contributed by atoms with E-state index in [0.29, 0.717) is 36.1 Å². The minimum absolute atomic E-state index is 0.00695. The molecule has 0 radical (unpaired) electrons. The zero-order chi connectivity index (χ0) is 70.3. The molecule has 0 bridgehead atoms. The summed E-state index contributed by atoms with van der Waals surface area (Å²) >= 11 is 1.26. The Hall–Kier alpha value is -9.26. The third-order valence-electron chi connectivity index (χ3n) is 17.3. The van der Waals surface area contributed by atoms with Crippen LogP contribution in [0.15, 0.2) is 56.8 Å². The summed E-state index contributed by atoms with van der Waals surface area (Å²) < 4.78 is 0. The first kappa shape index (κ1) is 75.8. The first-order valence-electron chi connectivity index (χ1n) is 31.9. The summed E-state index contributed by atoms with van der Waals surface area (Å²) in [6.45, 7) is 0.490. The van der Waals surface area contributed by atoms with Gasteiger partial charge in [0.2, 0.25) is 47.3 Å². The average Bonchev–Trinajstić information content (AvgIpc) is 1.47. The number of hydrogen-bond donors (Lipinski definition) is 17.